The fourth-order valence-corrected chi connectivity index (χ4v) is 2.41. The Morgan fingerprint density at radius 1 is 1.33 bits per heavy atom. The van der Waals surface area contributed by atoms with Crippen LogP contribution in [0.3, 0.4) is 0 Å². The Morgan fingerprint density at radius 2 is 2.20 bits per heavy atom. The number of rotatable bonds is 6. The fourth-order valence-electron chi connectivity index (χ4n) is 2.41. The van der Waals surface area contributed by atoms with Gasteiger partial charge in [0.05, 0.1) is 0 Å². The minimum atomic E-state index is 0.650. The Balaban J connectivity index is 1.60. The molecule has 0 bridgehead atoms. The molecule has 0 aromatic carbocycles. The summed E-state index contributed by atoms with van der Waals surface area (Å²) in [6.45, 7) is 5.87. The molecule has 1 atom stereocenters. The summed E-state index contributed by atoms with van der Waals surface area (Å²) in [6.07, 6.45) is 11.5. The van der Waals surface area contributed by atoms with Crippen molar-refractivity contribution >= 4 is 0 Å². The Kier molecular flexibility index (Phi) is 4.21. The first kappa shape index (κ1) is 11.2. The SMILES string of the molecule is CCN(CCNC1C=CCCC1)C1CC1. The van der Waals surface area contributed by atoms with Crippen LogP contribution in [-0.4, -0.2) is 36.6 Å². The van der Waals surface area contributed by atoms with Crippen molar-refractivity contribution in [3.8, 4) is 0 Å². The van der Waals surface area contributed by atoms with E-state index in [1.54, 1.807) is 0 Å². The van der Waals surface area contributed by atoms with Crippen LogP contribution in [0, 0.1) is 0 Å². The third kappa shape index (κ3) is 3.62. The number of allylic oxidation sites excluding steroid dienone is 1. The molecule has 1 fully saturated rings. The Labute approximate surface area is 93.7 Å². The van der Waals surface area contributed by atoms with E-state index in [0.717, 1.165) is 12.6 Å². The molecule has 2 aliphatic rings. The molecular formula is C13H24N2. The summed E-state index contributed by atoms with van der Waals surface area (Å²) in [5.74, 6) is 0. The van der Waals surface area contributed by atoms with Gasteiger partial charge in [0.15, 0.2) is 0 Å². The van der Waals surface area contributed by atoms with Crippen molar-refractivity contribution in [3.63, 3.8) is 0 Å². The quantitative estimate of drug-likeness (QED) is 0.673. The molecule has 0 amide bonds. The van der Waals surface area contributed by atoms with Gasteiger partial charge in [-0.15, -0.1) is 0 Å². The van der Waals surface area contributed by atoms with Gasteiger partial charge in [0.2, 0.25) is 0 Å². The molecule has 0 aliphatic heterocycles. The van der Waals surface area contributed by atoms with E-state index >= 15 is 0 Å². The maximum absolute atomic E-state index is 3.64. The topological polar surface area (TPSA) is 15.3 Å². The van der Waals surface area contributed by atoms with Crippen molar-refractivity contribution in [1.29, 1.82) is 0 Å². The van der Waals surface area contributed by atoms with Gasteiger partial charge in [-0.1, -0.05) is 19.1 Å². The largest absolute Gasteiger partial charge is 0.309 e. The third-order valence-corrected chi connectivity index (χ3v) is 3.53. The van der Waals surface area contributed by atoms with Crippen molar-refractivity contribution in [2.45, 2.75) is 51.1 Å². The van der Waals surface area contributed by atoms with Crippen LogP contribution >= 0.6 is 0 Å². The van der Waals surface area contributed by atoms with Gasteiger partial charge in [-0.05, 0) is 38.6 Å². The van der Waals surface area contributed by atoms with Crippen LogP contribution in [0.5, 0.6) is 0 Å². The zero-order chi connectivity index (χ0) is 10.5. The zero-order valence-electron chi connectivity index (χ0n) is 9.91. The van der Waals surface area contributed by atoms with Gasteiger partial charge in [-0.2, -0.15) is 0 Å². The van der Waals surface area contributed by atoms with Crippen LogP contribution in [0.25, 0.3) is 0 Å². The number of nitrogens with zero attached hydrogens (tertiary/aromatic N) is 1. The third-order valence-electron chi connectivity index (χ3n) is 3.53. The monoisotopic (exact) mass is 208 g/mol. The highest BCUT2D eigenvalue weighted by atomic mass is 15.2. The molecular weight excluding hydrogens is 184 g/mol. The molecule has 15 heavy (non-hydrogen) atoms. The van der Waals surface area contributed by atoms with Gasteiger partial charge in [0.25, 0.3) is 0 Å². The summed E-state index contributed by atoms with van der Waals surface area (Å²) in [6, 6.07) is 1.57. The Bertz CT molecular complexity index is 209. The maximum Gasteiger partial charge on any atom is 0.0250 e. The molecule has 86 valence electrons. The molecule has 1 N–H and O–H groups in total. The Morgan fingerprint density at radius 3 is 2.80 bits per heavy atom. The normalized spacial score (nSPS) is 26.1. The van der Waals surface area contributed by atoms with Crippen molar-refractivity contribution in [2.24, 2.45) is 0 Å². The minimum absolute atomic E-state index is 0.650. The number of hydrogen-bond acceptors (Lipinski definition) is 2. The summed E-state index contributed by atoms with van der Waals surface area (Å²) in [5, 5.41) is 3.64. The van der Waals surface area contributed by atoms with Crippen molar-refractivity contribution in [2.75, 3.05) is 19.6 Å². The Hall–Kier alpha value is -0.340. The van der Waals surface area contributed by atoms with Gasteiger partial charge in [0.1, 0.15) is 0 Å². The summed E-state index contributed by atoms with van der Waals surface area (Å²) < 4.78 is 0. The predicted octanol–water partition coefficient (Wildman–Crippen LogP) is 2.17. The lowest BCUT2D eigenvalue weighted by Gasteiger charge is -2.23. The van der Waals surface area contributed by atoms with E-state index in [2.05, 4.69) is 29.3 Å². The standard InChI is InChI=1S/C13H24N2/c1-2-15(13-8-9-13)11-10-14-12-6-4-3-5-7-12/h4,6,12-14H,2-3,5,7-11H2,1H3. The highest BCUT2D eigenvalue weighted by Crippen LogP contribution is 2.25. The van der Waals surface area contributed by atoms with Gasteiger partial charge >= 0.3 is 0 Å². The lowest BCUT2D eigenvalue weighted by atomic mass is 10.0. The number of nitrogens with one attached hydrogen (secondary N) is 1. The molecule has 0 aromatic rings. The molecule has 2 rings (SSSR count). The van der Waals surface area contributed by atoms with Crippen LogP contribution in [0.4, 0.5) is 0 Å². The van der Waals surface area contributed by atoms with E-state index < -0.39 is 0 Å². The van der Waals surface area contributed by atoms with Gasteiger partial charge < -0.3 is 5.32 Å². The lowest BCUT2D eigenvalue weighted by Crippen LogP contribution is -2.37. The van der Waals surface area contributed by atoms with E-state index in [9.17, 15) is 0 Å². The minimum Gasteiger partial charge on any atom is -0.309 e. The second-order valence-corrected chi connectivity index (χ2v) is 4.78. The lowest BCUT2D eigenvalue weighted by molar-refractivity contribution is 0.273. The van der Waals surface area contributed by atoms with Crippen LogP contribution in [0.2, 0.25) is 0 Å². The summed E-state index contributed by atoms with van der Waals surface area (Å²) in [5.41, 5.74) is 0. The van der Waals surface area contributed by atoms with E-state index in [1.165, 1.54) is 45.2 Å². The molecule has 0 saturated heterocycles. The molecule has 0 aromatic heterocycles. The van der Waals surface area contributed by atoms with Gasteiger partial charge in [-0.3, -0.25) is 4.90 Å². The van der Waals surface area contributed by atoms with E-state index in [0.29, 0.717) is 6.04 Å². The van der Waals surface area contributed by atoms with Crippen molar-refractivity contribution in [3.05, 3.63) is 12.2 Å². The van der Waals surface area contributed by atoms with Crippen molar-refractivity contribution < 1.29 is 0 Å². The van der Waals surface area contributed by atoms with Crippen LogP contribution in [0.1, 0.15) is 39.0 Å². The fraction of sp³-hybridized carbons (Fsp3) is 0.846. The first-order valence-corrected chi connectivity index (χ1v) is 6.54. The molecule has 2 nitrogen and oxygen atoms in total. The first-order chi connectivity index (χ1) is 7.40. The molecule has 2 heteroatoms. The van der Waals surface area contributed by atoms with Crippen LogP contribution in [-0.2, 0) is 0 Å². The highest BCUT2D eigenvalue weighted by Gasteiger charge is 2.27. The van der Waals surface area contributed by atoms with E-state index in [1.807, 2.05) is 0 Å². The smallest absolute Gasteiger partial charge is 0.0250 e. The van der Waals surface area contributed by atoms with E-state index in [-0.39, 0.29) is 0 Å². The summed E-state index contributed by atoms with van der Waals surface area (Å²) in [4.78, 5) is 2.61. The number of hydrogen-bond donors (Lipinski definition) is 1. The summed E-state index contributed by atoms with van der Waals surface area (Å²) in [7, 11) is 0. The molecule has 0 heterocycles. The molecule has 0 spiro atoms. The second kappa shape index (κ2) is 5.66. The average Bonchev–Trinajstić information content (AvgIpc) is 3.10. The highest BCUT2D eigenvalue weighted by molar-refractivity contribution is 4.97. The van der Waals surface area contributed by atoms with Gasteiger partial charge in [0, 0.05) is 25.2 Å². The number of likely N-dealkylation sites (N-methyl/N-ethyl adjacent to an activating group) is 1. The molecule has 1 unspecified atom stereocenters. The summed E-state index contributed by atoms with van der Waals surface area (Å²) >= 11 is 0. The predicted molar refractivity (Wildman–Crippen MR) is 65.1 cm³/mol. The molecule has 1 saturated carbocycles. The molecule has 0 radical (unpaired) electrons. The zero-order valence-corrected chi connectivity index (χ0v) is 9.91. The van der Waals surface area contributed by atoms with E-state index in [4.69, 9.17) is 0 Å². The van der Waals surface area contributed by atoms with Gasteiger partial charge in [-0.25, -0.2) is 0 Å². The maximum atomic E-state index is 3.64. The van der Waals surface area contributed by atoms with Crippen LogP contribution < -0.4 is 5.32 Å². The molecule has 2 aliphatic carbocycles. The average molecular weight is 208 g/mol. The van der Waals surface area contributed by atoms with Crippen molar-refractivity contribution in [1.82, 2.24) is 10.2 Å². The van der Waals surface area contributed by atoms with Crippen LogP contribution in [0.15, 0.2) is 12.2 Å². The first-order valence-electron chi connectivity index (χ1n) is 6.54. The second-order valence-electron chi connectivity index (χ2n) is 4.78.